The molecular formula is C20H27F3N6O2. The van der Waals surface area contributed by atoms with Gasteiger partial charge >= 0.3 is 6.18 Å². The first-order valence-electron chi connectivity index (χ1n) is 10.2. The quantitative estimate of drug-likeness (QED) is 0.373. The van der Waals surface area contributed by atoms with Crippen LogP contribution >= 0.6 is 0 Å². The zero-order valence-electron chi connectivity index (χ0n) is 17.6. The molecule has 11 heteroatoms. The first-order chi connectivity index (χ1) is 14.9. The number of nitrogens with one attached hydrogen (secondary N) is 2. The molecule has 0 fully saturated rings. The van der Waals surface area contributed by atoms with Crippen LogP contribution in [0.1, 0.15) is 30.6 Å². The Morgan fingerprint density at radius 3 is 2.94 bits per heavy atom. The van der Waals surface area contributed by atoms with Crippen LogP contribution in [0.25, 0.3) is 0 Å². The van der Waals surface area contributed by atoms with Crippen molar-refractivity contribution in [3.63, 3.8) is 0 Å². The molecule has 0 radical (unpaired) electrons. The average molecular weight is 440 g/mol. The van der Waals surface area contributed by atoms with Crippen LogP contribution in [0.2, 0.25) is 0 Å². The molecule has 0 amide bonds. The van der Waals surface area contributed by atoms with Gasteiger partial charge in [0, 0.05) is 26.1 Å². The fourth-order valence-electron chi connectivity index (χ4n) is 3.27. The van der Waals surface area contributed by atoms with Crippen molar-refractivity contribution in [2.24, 2.45) is 4.99 Å². The minimum absolute atomic E-state index is 0.131. The van der Waals surface area contributed by atoms with E-state index in [1.165, 1.54) is 12.1 Å². The lowest BCUT2D eigenvalue weighted by Crippen LogP contribution is -2.47. The van der Waals surface area contributed by atoms with Crippen molar-refractivity contribution in [2.75, 3.05) is 26.8 Å². The number of hydrogen-bond donors (Lipinski definition) is 2. The minimum Gasteiger partial charge on any atom is -0.492 e. The van der Waals surface area contributed by atoms with Crippen molar-refractivity contribution in [3.05, 3.63) is 41.5 Å². The van der Waals surface area contributed by atoms with Gasteiger partial charge in [-0.15, -0.1) is 0 Å². The Morgan fingerprint density at radius 2 is 2.19 bits per heavy atom. The van der Waals surface area contributed by atoms with Crippen LogP contribution in [0, 0.1) is 0 Å². The van der Waals surface area contributed by atoms with Gasteiger partial charge in [0.15, 0.2) is 11.8 Å². The van der Waals surface area contributed by atoms with E-state index in [2.05, 4.69) is 25.7 Å². The molecule has 2 aromatic rings. The van der Waals surface area contributed by atoms with E-state index in [1.807, 2.05) is 11.6 Å². The van der Waals surface area contributed by atoms with Crippen molar-refractivity contribution < 1.29 is 22.6 Å². The average Bonchev–Trinajstić information content (AvgIpc) is 3.13. The van der Waals surface area contributed by atoms with Crippen molar-refractivity contribution in [1.82, 2.24) is 25.4 Å². The summed E-state index contributed by atoms with van der Waals surface area (Å²) in [6.45, 7) is 4.15. The zero-order chi connectivity index (χ0) is 22.3. The van der Waals surface area contributed by atoms with E-state index in [9.17, 15) is 13.2 Å². The largest absolute Gasteiger partial charge is 0.492 e. The lowest BCUT2D eigenvalue weighted by Gasteiger charge is -2.25. The van der Waals surface area contributed by atoms with Crippen LogP contribution in [-0.2, 0) is 30.5 Å². The molecule has 2 N–H and O–H groups in total. The van der Waals surface area contributed by atoms with Gasteiger partial charge in [-0.2, -0.15) is 18.3 Å². The van der Waals surface area contributed by atoms with E-state index in [0.29, 0.717) is 38.0 Å². The number of rotatable bonds is 8. The Morgan fingerprint density at radius 1 is 1.35 bits per heavy atom. The van der Waals surface area contributed by atoms with Crippen LogP contribution in [0.3, 0.4) is 0 Å². The van der Waals surface area contributed by atoms with Gasteiger partial charge in [0.05, 0.1) is 18.7 Å². The standard InChI is InChI=1S/C20H27F3N6O2/c1-3-24-19(25-9-10-31-16-6-4-5-14(11-16)20(21,22)23)26-15-7-8-18-27-17(13-30-2)28-29(18)12-15/h4-6,11,15H,3,7-10,12-13H2,1-2H3,(H2,24,25,26). The Balaban J connectivity index is 1.52. The Labute approximate surface area is 178 Å². The van der Waals surface area contributed by atoms with Crippen molar-refractivity contribution in [2.45, 2.75) is 45.1 Å². The van der Waals surface area contributed by atoms with Crippen LogP contribution in [0.5, 0.6) is 5.75 Å². The highest BCUT2D eigenvalue weighted by Crippen LogP contribution is 2.31. The SMILES string of the molecule is CCNC(=NCCOc1cccc(C(F)(F)F)c1)NC1CCc2nc(COC)nn2C1. The number of methoxy groups -OCH3 is 1. The van der Waals surface area contributed by atoms with Crippen LogP contribution < -0.4 is 15.4 Å². The topological polar surface area (TPSA) is 85.6 Å². The molecule has 170 valence electrons. The highest BCUT2D eigenvalue weighted by atomic mass is 19.4. The number of guanidine groups is 1. The third-order valence-electron chi connectivity index (χ3n) is 4.65. The van der Waals surface area contributed by atoms with Crippen molar-refractivity contribution in [1.29, 1.82) is 0 Å². The van der Waals surface area contributed by atoms with Gasteiger partial charge in [0.25, 0.3) is 0 Å². The Kier molecular flexibility index (Phi) is 7.72. The maximum absolute atomic E-state index is 12.8. The molecule has 0 saturated carbocycles. The number of alkyl halides is 3. The van der Waals surface area contributed by atoms with Gasteiger partial charge in [0.2, 0.25) is 0 Å². The predicted octanol–water partition coefficient (Wildman–Crippen LogP) is 2.39. The summed E-state index contributed by atoms with van der Waals surface area (Å²) < 4.78 is 50.8. The maximum atomic E-state index is 12.8. The molecule has 0 spiro atoms. The number of benzene rings is 1. The molecule has 1 aromatic heterocycles. The first-order valence-corrected chi connectivity index (χ1v) is 10.2. The van der Waals surface area contributed by atoms with Crippen LogP contribution in [0.4, 0.5) is 13.2 Å². The number of ether oxygens (including phenoxy) is 2. The highest BCUT2D eigenvalue weighted by molar-refractivity contribution is 5.80. The van der Waals surface area contributed by atoms with E-state index >= 15 is 0 Å². The predicted molar refractivity (Wildman–Crippen MR) is 109 cm³/mol. The van der Waals surface area contributed by atoms with E-state index in [0.717, 1.165) is 30.8 Å². The molecule has 3 rings (SSSR count). The zero-order valence-corrected chi connectivity index (χ0v) is 17.6. The molecule has 31 heavy (non-hydrogen) atoms. The van der Waals surface area contributed by atoms with E-state index in [1.54, 1.807) is 7.11 Å². The molecular weight excluding hydrogens is 413 g/mol. The Bertz CT molecular complexity index is 884. The summed E-state index contributed by atoms with van der Waals surface area (Å²) in [6, 6.07) is 4.96. The monoisotopic (exact) mass is 440 g/mol. The number of fused-ring (bicyclic) bond motifs is 1. The fraction of sp³-hybridized carbons (Fsp3) is 0.550. The molecule has 8 nitrogen and oxygen atoms in total. The van der Waals surface area contributed by atoms with Gasteiger partial charge in [-0.1, -0.05) is 6.07 Å². The first kappa shape index (κ1) is 22.9. The fourth-order valence-corrected chi connectivity index (χ4v) is 3.27. The van der Waals surface area contributed by atoms with Gasteiger partial charge in [-0.05, 0) is 31.5 Å². The summed E-state index contributed by atoms with van der Waals surface area (Å²) in [5.74, 6) is 2.41. The molecule has 1 aromatic carbocycles. The van der Waals surface area contributed by atoms with Crippen LogP contribution in [-0.4, -0.2) is 53.6 Å². The molecule has 2 heterocycles. The van der Waals surface area contributed by atoms with E-state index < -0.39 is 11.7 Å². The number of hydrogen-bond acceptors (Lipinski definition) is 5. The lowest BCUT2D eigenvalue weighted by molar-refractivity contribution is -0.137. The lowest BCUT2D eigenvalue weighted by atomic mass is 10.1. The van der Waals surface area contributed by atoms with E-state index in [4.69, 9.17) is 9.47 Å². The van der Waals surface area contributed by atoms with Gasteiger partial charge < -0.3 is 20.1 Å². The Hall–Kier alpha value is -2.82. The normalized spacial score (nSPS) is 16.7. The number of aryl methyl sites for hydroxylation is 1. The summed E-state index contributed by atoms with van der Waals surface area (Å²) in [5, 5.41) is 11.0. The summed E-state index contributed by atoms with van der Waals surface area (Å²) in [4.78, 5) is 8.93. The summed E-state index contributed by atoms with van der Waals surface area (Å²) in [7, 11) is 1.61. The third kappa shape index (κ3) is 6.58. The van der Waals surface area contributed by atoms with Gasteiger partial charge in [-0.25, -0.2) is 14.7 Å². The van der Waals surface area contributed by atoms with Gasteiger partial charge in [0.1, 0.15) is 24.8 Å². The van der Waals surface area contributed by atoms with Crippen LogP contribution in [0.15, 0.2) is 29.3 Å². The molecule has 1 aliphatic rings. The number of aromatic nitrogens is 3. The molecule has 1 atom stereocenters. The summed E-state index contributed by atoms with van der Waals surface area (Å²) >= 11 is 0. The third-order valence-corrected chi connectivity index (χ3v) is 4.65. The molecule has 1 unspecified atom stereocenters. The number of nitrogens with zero attached hydrogens (tertiary/aromatic N) is 4. The van der Waals surface area contributed by atoms with Crippen molar-refractivity contribution >= 4 is 5.96 Å². The summed E-state index contributed by atoms with van der Waals surface area (Å²) in [5.41, 5.74) is -0.734. The number of aliphatic imine (C=N–C) groups is 1. The second-order valence-corrected chi connectivity index (χ2v) is 7.07. The highest BCUT2D eigenvalue weighted by Gasteiger charge is 2.30. The van der Waals surface area contributed by atoms with Gasteiger partial charge in [-0.3, -0.25) is 0 Å². The molecule has 1 aliphatic heterocycles. The second-order valence-electron chi connectivity index (χ2n) is 7.07. The smallest absolute Gasteiger partial charge is 0.416 e. The minimum atomic E-state index is -4.39. The van der Waals surface area contributed by atoms with Crippen molar-refractivity contribution in [3.8, 4) is 5.75 Å². The second kappa shape index (κ2) is 10.5. The maximum Gasteiger partial charge on any atom is 0.416 e. The van der Waals surface area contributed by atoms with E-state index in [-0.39, 0.29) is 18.4 Å². The molecule has 0 bridgehead atoms. The molecule has 0 aliphatic carbocycles. The number of halogens is 3. The molecule has 0 saturated heterocycles. The summed E-state index contributed by atoms with van der Waals surface area (Å²) in [6.07, 6.45) is -2.71.